The Labute approximate surface area is 264 Å². The normalized spacial score (nSPS) is 28.6. The summed E-state index contributed by atoms with van der Waals surface area (Å²) < 4.78 is 36.4. The smallest absolute Gasteiger partial charge is 0.338 e. The van der Waals surface area contributed by atoms with Gasteiger partial charge in [0, 0.05) is 25.6 Å². The molecule has 6 unspecified atom stereocenters. The fraction of sp³-hybridized carbons (Fsp3) is 0.351. The van der Waals surface area contributed by atoms with Crippen molar-refractivity contribution in [2.75, 3.05) is 28.4 Å². The first-order valence-corrected chi connectivity index (χ1v) is 14.8. The molecule has 0 aromatic heterocycles. The molecule has 3 aromatic rings. The monoisotopic (exact) mass is 612 g/mol. The summed E-state index contributed by atoms with van der Waals surface area (Å²) in [6.07, 6.45) is 5.75. The van der Waals surface area contributed by atoms with Crippen LogP contribution < -0.4 is 9.47 Å². The van der Waals surface area contributed by atoms with Gasteiger partial charge in [0.2, 0.25) is 0 Å². The van der Waals surface area contributed by atoms with E-state index in [2.05, 4.69) is 19.1 Å². The second kappa shape index (κ2) is 12.5. The van der Waals surface area contributed by atoms with Crippen LogP contribution in [0.4, 0.5) is 0 Å². The molecule has 3 aromatic carbocycles. The zero-order chi connectivity index (χ0) is 32.4. The van der Waals surface area contributed by atoms with Gasteiger partial charge >= 0.3 is 11.9 Å². The van der Waals surface area contributed by atoms with Gasteiger partial charge in [-0.2, -0.15) is 0 Å². The number of carbonyl (C=O) groups excluding carboxylic acids is 2. The third-order valence-corrected chi connectivity index (χ3v) is 9.72. The Morgan fingerprint density at radius 2 is 1.20 bits per heavy atom. The molecular formula is C37H40O8. The van der Waals surface area contributed by atoms with Gasteiger partial charge in [0.05, 0.1) is 25.3 Å². The van der Waals surface area contributed by atoms with Gasteiger partial charge in [-0.3, -0.25) is 0 Å². The molecule has 6 atom stereocenters. The number of benzene rings is 3. The number of esters is 2. The van der Waals surface area contributed by atoms with Crippen molar-refractivity contribution in [2.24, 2.45) is 11.3 Å². The summed E-state index contributed by atoms with van der Waals surface area (Å²) in [5, 5.41) is 0. The van der Waals surface area contributed by atoms with E-state index in [-0.39, 0.29) is 0 Å². The summed E-state index contributed by atoms with van der Waals surface area (Å²) in [6.45, 7) is 5.94. The van der Waals surface area contributed by atoms with Crippen molar-refractivity contribution in [3.63, 3.8) is 0 Å². The van der Waals surface area contributed by atoms with Gasteiger partial charge in [0.15, 0.2) is 12.2 Å². The molecule has 0 saturated heterocycles. The summed E-state index contributed by atoms with van der Waals surface area (Å²) in [4.78, 5) is 27.9. The summed E-state index contributed by atoms with van der Waals surface area (Å²) in [5.74, 6) is -0.423. The van der Waals surface area contributed by atoms with Crippen LogP contribution in [0.1, 0.15) is 45.7 Å². The van der Waals surface area contributed by atoms with Gasteiger partial charge in [-0.25, -0.2) is 9.59 Å². The number of fused-ring (bicyclic) bond motifs is 1. The quantitative estimate of drug-likeness (QED) is 0.254. The van der Waals surface area contributed by atoms with Crippen LogP contribution in [0.2, 0.25) is 0 Å². The number of ether oxygens (including phenoxy) is 6. The predicted octanol–water partition coefficient (Wildman–Crippen LogP) is 6.47. The van der Waals surface area contributed by atoms with E-state index in [1.807, 2.05) is 50.3 Å². The molecule has 0 spiro atoms. The van der Waals surface area contributed by atoms with Crippen molar-refractivity contribution in [2.45, 2.75) is 44.2 Å². The maximum atomic E-state index is 14.0. The summed E-state index contributed by atoms with van der Waals surface area (Å²) in [6, 6.07) is 21.1. The topological polar surface area (TPSA) is 89.5 Å². The molecular weight excluding hydrogens is 572 g/mol. The van der Waals surface area contributed by atoms with E-state index in [1.54, 1.807) is 77.0 Å². The van der Waals surface area contributed by atoms with E-state index in [1.165, 1.54) is 0 Å². The minimum atomic E-state index is -1.30. The lowest BCUT2D eigenvalue weighted by Crippen LogP contribution is -2.75. The molecule has 8 nitrogen and oxygen atoms in total. The molecule has 0 bridgehead atoms. The van der Waals surface area contributed by atoms with E-state index >= 15 is 0 Å². The fourth-order valence-electron chi connectivity index (χ4n) is 6.96. The third kappa shape index (κ3) is 5.22. The molecule has 236 valence electrons. The highest BCUT2D eigenvalue weighted by Gasteiger charge is 2.72. The third-order valence-electron chi connectivity index (χ3n) is 9.72. The van der Waals surface area contributed by atoms with Crippen LogP contribution >= 0.6 is 0 Å². The van der Waals surface area contributed by atoms with E-state index in [0.717, 1.165) is 11.1 Å². The van der Waals surface area contributed by atoms with Crippen molar-refractivity contribution in [3.8, 4) is 11.5 Å². The lowest BCUT2D eigenvalue weighted by Gasteiger charge is -2.64. The molecule has 1 fully saturated rings. The lowest BCUT2D eigenvalue weighted by atomic mass is 9.49. The van der Waals surface area contributed by atoms with Gasteiger partial charge in [0.25, 0.3) is 0 Å². The first-order chi connectivity index (χ1) is 21.6. The maximum Gasteiger partial charge on any atom is 0.338 e. The van der Waals surface area contributed by atoms with E-state index < -0.39 is 46.7 Å². The summed E-state index contributed by atoms with van der Waals surface area (Å²) >= 11 is 0. The Morgan fingerprint density at radius 1 is 0.667 bits per heavy atom. The highest BCUT2D eigenvalue weighted by atomic mass is 16.6. The SMILES string of the molecule is COc1ccc(C(=O)OC2C(OC(=O)c3ccc(OC)cc3)C(C)(OC)C3(C)C=CC=CC3C2(OC)c2ccccc2C)cc1. The van der Waals surface area contributed by atoms with Crippen molar-refractivity contribution in [1.82, 2.24) is 0 Å². The highest BCUT2D eigenvalue weighted by Crippen LogP contribution is 2.62. The molecule has 2 aliphatic carbocycles. The minimum absolute atomic E-state index is 0.303. The van der Waals surface area contributed by atoms with E-state index in [9.17, 15) is 9.59 Å². The molecule has 45 heavy (non-hydrogen) atoms. The molecule has 5 rings (SSSR count). The Kier molecular flexibility index (Phi) is 8.92. The van der Waals surface area contributed by atoms with Crippen LogP contribution in [0.15, 0.2) is 97.1 Å². The van der Waals surface area contributed by atoms with Gasteiger partial charge in [-0.1, -0.05) is 55.5 Å². The van der Waals surface area contributed by atoms with E-state index in [4.69, 9.17) is 28.4 Å². The largest absolute Gasteiger partial charge is 0.497 e. The second-order valence-corrected chi connectivity index (χ2v) is 11.7. The summed E-state index contributed by atoms with van der Waals surface area (Å²) in [5.41, 5.74) is -0.931. The van der Waals surface area contributed by atoms with Crippen molar-refractivity contribution >= 4 is 11.9 Å². The fourth-order valence-corrected chi connectivity index (χ4v) is 6.96. The van der Waals surface area contributed by atoms with Gasteiger partial charge < -0.3 is 28.4 Å². The van der Waals surface area contributed by atoms with Crippen LogP contribution in [0, 0.1) is 18.3 Å². The standard InChI is InChI=1S/C37H40O8/c1-24-12-8-9-13-29(24)37(43-7)30-14-10-11-23-35(30,2)36(3,42-6)31(44-33(38)25-15-19-27(40-4)20-16-25)32(37)45-34(39)26-17-21-28(41-5)22-18-26/h8-23,30-32H,1-7H3. The number of allylic oxidation sites excluding steroid dienone is 2. The molecule has 1 saturated carbocycles. The summed E-state index contributed by atoms with van der Waals surface area (Å²) in [7, 11) is 6.30. The van der Waals surface area contributed by atoms with Crippen LogP contribution in [0.3, 0.4) is 0 Å². The van der Waals surface area contributed by atoms with Gasteiger partial charge in [-0.15, -0.1) is 0 Å². The average Bonchev–Trinajstić information content (AvgIpc) is 3.07. The van der Waals surface area contributed by atoms with Gasteiger partial charge in [0.1, 0.15) is 22.7 Å². The first kappa shape index (κ1) is 32.0. The number of carbonyl (C=O) groups is 2. The molecule has 0 radical (unpaired) electrons. The van der Waals surface area contributed by atoms with Crippen molar-refractivity contribution in [3.05, 3.63) is 119 Å². The number of hydrogen-bond acceptors (Lipinski definition) is 8. The van der Waals surface area contributed by atoms with Crippen molar-refractivity contribution in [1.29, 1.82) is 0 Å². The average molecular weight is 613 g/mol. The first-order valence-electron chi connectivity index (χ1n) is 14.8. The number of rotatable bonds is 9. The zero-order valence-corrected chi connectivity index (χ0v) is 26.7. The lowest BCUT2D eigenvalue weighted by molar-refractivity contribution is -0.292. The Morgan fingerprint density at radius 3 is 1.69 bits per heavy atom. The van der Waals surface area contributed by atoms with Crippen LogP contribution in [-0.4, -0.2) is 58.2 Å². The maximum absolute atomic E-state index is 14.0. The van der Waals surface area contributed by atoms with E-state index in [0.29, 0.717) is 22.6 Å². The zero-order valence-electron chi connectivity index (χ0n) is 26.7. The Bertz CT molecular complexity index is 1590. The Balaban J connectivity index is 1.73. The number of aryl methyl sites for hydroxylation is 1. The van der Waals surface area contributed by atoms with Crippen LogP contribution in [0.25, 0.3) is 0 Å². The molecule has 0 aliphatic heterocycles. The highest BCUT2D eigenvalue weighted by molar-refractivity contribution is 5.91. The number of hydrogen-bond donors (Lipinski definition) is 0. The minimum Gasteiger partial charge on any atom is -0.497 e. The van der Waals surface area contributed by atoms with Gasteiger partial charge in [-0.05, 0) is 73.5 Å². The number of methoxy groups -OCH3 is 4. The molecule has 8 heteroatoms. The Hall–Kier alpha value is -4.40. The molecule has 0 N–H and O–H groups in total. The molecule has 0 heterocycles. The molecule has 2 aliphatic rings. The van der Waals surface area contributed by atoms with Crippen LogP contribution in [0.5, 0.6) is 11.5 Å². The molecule has 0 amide bonds. The van der Waals surface area contributed by atoms with Crippen molar-refractivity contribution < 1.29 is 38.0 Å². The second-order valence-electron chi connectivity index (χ2n) is 11.7. The van der Waals surface area contributed by atoms with Crippen LogP contribution in [-0.2, 0) is 24.5 Å². The predicted molar refractivity (Wildman–Crippen MR) is 170 cm³/mol.